The van der Waals surface area contributed by atoms with Crippen molar-refractivity contribution in [2.75, 3.05) is 20.9 Å². The Morgan fingerprint density at radius 3 is 2.15 bits per heavy atom. The first-order valence-corrected chi connectivity index (χ1v) is 16.2. The number of hydrogen-bond acceptors (Lipinski definition) is 11. The number of ether oxygens (including phenoxy) is 2. The topological polar surface area (TPSA) is 156 Å². The Morgan fingerprint density at radius 2 is 1.72 bits per heavy atom. The molecule has 0 radical (unpaired) electrons. The van der Waals surface area contributed by atoms with Crippen LogP contribution >= 0.6 is 11.6 Å². The van der Waals surface area contributed by atoms with Gasteiger partial charge < -0.3 is 9.47 Å². The number of nitrogens with zero attached hydrogens (tertiary/aromatic N) is 5. The highest BCUT2D eigenvalue weighted by atomic mass is 35.5. The van der Waals surface area contributed by atoms with Gasteiger partial charge in [-0.25, -0.2) is 13.3 Å². The maximum atomic E-state index is 14.3. The van der Waals surface area contributed by atoms with Gasteiger partial charge in [-0.05, 0) is 44.4 Å². The van der Waals surface area contributed by atoms with Crippen LogP contribution in [0.4, 0.5) is 43.9 Å². The number of carbonyl (C=O) groups is 2. The molecule has 1 aliphatic carbocycles. The Balaban J connectivity index is 0.00000116. The number of nitrogens with one attached hydrogen (secondary N) is 1. The number of halogens is 11. The molecule has 2 heterocycles. The van der Waals surface area contributed by atoms with E-state index in [0.29, 0.717) is 29.0 Å². The fraction of sp³-hybridized carbons (Fsp3) is 0.500. The van der Waals surface area contributed by atoms with E-state index >= 15 is 0 Å². The monoisotopic (exact) mass is 816 g/mol. The van der Waals surface area contributed by atoms with Crippen molar-refractivity contribution in [1.29, 1.82) is 5.26 Å². The average Bonchev–Trinajstić information content (AvgIpc) is 3.53. The molecular formula is C28H27ClF10N6O7S. The predicted octanol–water partition coefficient (Wildman–Crippen LogP) is 5.52. The van der Waals surface area contributed by atoms with Crippen molar-refractivity contribution in [1.82, 2.24) is 25.1 Å². The zero-order valence-corrected chi connectivity index (χ0v) is 29.0. The van der Waals surface area contributed by atoms with Gasteiger partial charge in [0.25, 0.3) is 12.4 Å². The lowest BCUT2D eigenvalue weighted by molar-refractivity contribution is -0.308. The van der Waals surface area contributed by atoms with Gasteiger partial charge in [-0.2, -0.15) is 63.7 Å². The Hall–Kier alpha value is -4.18. The van der Waals surface area contributed by atoms with Gasteiger partial charge in [0.05, 0.1) is 29.0 Å². The highest BCUT2D eigenvalue weighted by Crippen LogP contribution is 2.51. The van der Waals surface area contributed by atoms with Crippen molar-refractivity contribution < 1.29 is 75.6 Å². The Kier molecular flexibility index (Phi) is 12.5. The molecule has 1 saturated carbocycles. The van der Waals surface area contributed by atoms with E-state index < -0.39 is 62.7 Å². The predicted molar refractivity (Wildman–Crippen MR) is 160 cm³/mol. The normalized spacial score (nSPS) is 17.6. The molecule has 4 rings (SSSR count). The largest absolute Gasteiger partial charge is 0.465 e. The number of aromatic nitrogens is 2. The maximum Gasteiger partial charge on any atom is 0.449 e. The summed E-state index contributed by atoms with van der Waals surface area (Å²) in [5.74, 6) is -1.91. The minimum Gasteiger partial charge on any atom is -0.465 e. The first-order valence-electron chi connectivity index (χ1n) is 14.5. The number of nitriles is 1. The molecule has 13 nitrogen and oxygen atoms in total. The van der Waals surface area contributed by atoms with E-state index in [1.165, 1.54) is 25.3 Å². The Morgan fingerprint density at radius 1 is 1.13 bits per heavy atom. The van der Waals surface area contributed by atoms with E-state index in [0.717, 1.165) is 24.3 Å². The smallest absolute Gasteiger partial charge is 0.449 e. The molecule has 1 amide bonds. The molecule has 1 aromatic heterocycles. The first kappa shape index (κ1) is 43.2. The summed E-state index contributed by atoms with van der Waals surface area (Å²) in [7, 11) is -5.53. The maximum absolute atomic E-state index is 14.3. The van der Waals surface area contributed by atoms with E-state index in [-0.39, 0.29) is 34.5 Å². The second-order valence-corrected chi connectivity index (χ2v) is 13.5. The van der Waals surface area contributed by atoms with Crippen LogP contribution in [0.3, 0.4) is 0 Å². The van der Waals surface area contributed by atoms with Crippen LogP contribution in [0.5, 0.6) is 0 Å². The molecule has 1 unspecified atom stereocenters. The van der Waals surface area contributed by atoms with Crippen LogP contribution in [0.1, 0.15) is 37.0 Å². The summed E-state index contributed by atoms with van der Waals surface area (Å²) >= 11 is 6.22. The van der Waals surface area contributed by atoms with Crippen molar-refractivity contribution in [3.05, 3.63) is 46.8 Å². The number of alkyl halides is 10. The van der Waals surface area contributed by atoms with Gasteiger partial charge in [0.1, 0.15) is 17.8 Å². The van der Waals surface area contributed by atoms with Crippen LogP contribution in [-0.2, 0) is 28.6 Å². The minimum atomic E-state index is -7.56. The zero-order chi connectivity index (χ0) is 40.5. The third-order valence-electron chi connectivity index (χ3n) is 7.34. The summed E-state index contributed by atoms with van der Waals surface area (Å²) in [4.78, 5) is 23.9. The first-order chi connectivity index (χ1) is 24.2. The summed E-state index contributed by atoms with van der Waals surface area (Å²) in [6.45, 7) is 3.76. The molecule has 0 saturated heterocycles. The zero-order valence-electron chi connectivity index (χ0n) is 27.4. The SMILES string of the molecule is CC(C)OC=O.COCN(C(=O)c1cc(-c2cnn(C3=C(C(F)(F)F)C(OS(=O)(=O)C(F)(C(F)(F)F)C(F)(F)F)NN3C)c2)ccc1Cl)C1(C#N)CC1. The van der Waals surface area contributed by atoms with E-state index in [1.807, 2.05) is 6.07 Å². The number of hydrazine groups is 1. The van der Waals surface area contributed by atoms with Crippen LogP contribution in [0, 0.1) is 11.3 Å². The van der Waals surface area contributed by atoms with Crippen LogP contribution in [0.25, 0.3) is 16.9 Å². The van der Waals surface area contributed by atoms with Gasteiger partial charge in [-0.1, -0.05) is 17.7 Å². The fourth-order valence-electron chi connectivity index (χ4n) is 4.64. The quantitative estimate of drug-likeness (QED) is 0.132. The highest BCUT2D eigenvalue weighted by molar-refractivity contribution is 7.88. The van der Waals surface area contributed by atoms with E-state index in [4.69, 9.17) is 16.3 Å². The molecule has 1 aliphatic heterocycles. The Bertz CT molecular complexity index is 1860. The summed E-state index contributed by atoms with van der Waals surface area (Å²) in [5, 5.41) is 6.41. The molecule has 25 heteroatoms. The van der Waals surface area contributed by atoms with Crippen molar-refractivity contribution >= 4 is 39.9 Å². The van der Waals surface area contributed by atoms with E-state index in [1.54, 1.807) is 19.3 Å². The molecule has 1 fully saturated rings. The Labute approximate surface area is 298 Å². The molecule has 1 N–H and O–H groups in total. The number of carbonyl (C=O) groups excluding carboxylic acids is 2. The minimum absolute atomic E-state index is 0.0215. The van der Waals surface area contributed by atoms with Crippen molar-refractivity contribution in [2.24, 2.45) is 0 Å². The number of methoxy groups -OCH3 is 1. The van der Waals surface area contributed by atoms with Gasteiger partial charge in [0.15, 0.2) is 12.0 Å². The van der Waals surface area contributed by atoms with Crippen molar-refractivity contribution in [3.63, 3.8) is 0 Å². The molecular weight excluding hydrogens is 790 g/mol. The van der Waals surface area contributed by atoms with Gasteiger partial charge >= 0.3 is 33.6 Å². The summed E-state index contributed by atoms with van der Waals surface area (Å²) in [6.07, 6.45) is -20.9. The standard InChI is InChI=1S/C24H19ClF10N6O5S.C4H8O2/c1-39-18(16(21(26,27)28)17(38-39)46-47(43,44)22(29,23(30,31)32)24(33,34)35)41-9-13(8-37-41)12-3-4-15(25)14(7-12)19(42)40(11-45-2)20(10-36)5-6-20;1-4(2)6-3-5/h3-4,7-9,17,38H,5-6,11H2,1-2H3;3-4H,1-2H3. The van der Waals surface area contributed by atoms with Crippen LogP contribution in [0.15, 0.2) is 36.2 Å². The highest BCUT2D eigenvalue weighted by Gasteiger charge is 2.82. The lowest BCUT2D eigenvalue weighted by Gasteiger charge is -2.30. The summed E-state index contributed by atoms with van der Waals surface area (Å²) < 4.78 is 173. The third-order valence-corrected chi connectivity index (χ3v) is 9.27. The molecule has 2 aliphatic rings. The van der Waals surface area contributed by atoms with Gasteiger partial charge in [-0.15, -0.1) is 0 Å². The number of hydrogen-bond donors (Lipinski definition) is 1. The molecule has 53 heavy (non-hydrogen) atoms. The van der Waals surface area contributed by atoms with Crippen molar-refractivity contribution in [3.8, 4) is 17.2 Å². The summed E-state index contributed by atoms with van der Waals surface area (Å²) in [6, 6.07) is 5.82. The van der Waals surface area contributed by atoms with Gasteiger partial charge in [0, 0.05) is 25.9 Å². The molecule has 0 spiro atoms. The van der Waals surface area contributed by atoms with Gasteiger partial charge in [-0.3, -0.25) is 19.5 Å². The summed E-state index contributed by atoms with van der Waals surface area (Å²) in [5.41, 5.74) is -1.81. The van der Waals surface area contributed by atoms with Crippen LogP contribution < -0.4 is 5.43 Å². The number of benzene rings is 1. The molecule has 2 aromatic rings. The van der Waals surface area contributed by atoms with Crippen LogP contribution in [-0.4, -0.2) is 103 Å². The average molecular weight is 817 g/mol. The molecule has 1 atom stereocenters. The lowest BCUT2D eigenvalue weighted by atomic mass is 10.0. The number of amides is 1. The van der Waals surface area contributed by atoms with Gasteiger partial charge in [0.2, 0.25) is 0 Å². The second kappa shape index (κ2) is 15.3. The fourth-order valence-corrected chi connectivity index (χ4v) is 5.93. The molecule has 294 valence electrons. The van der Waals surface area contributed by atoms with Crippen LogP contribution in [0.2, 0.25) is 5.02 Å². The molecule has 1 aromatic carbocycles. The lowest BCUT2D eigenvalue weighted by Crippen LogP contribution is -2.60. The van der Waals surface area contributed by atoms with E-state index in [2.05, 4.69) is 14.0 Å². The third kappa shape index (κ3) is 8.64. The number of rotatable bonds is 11. The van der Waals surface area contributed by atoms with Crippen molar-refractivity contribution in [2.45, 2.75) is 68.1 Å². The molecule has 0 bridgehead atoms. The second-order valence-electron chi connectivity index (χ2n) is 11.4. The van der Waals surface area contributed by atoms with E-state index in [9.17, 15) is 67.2 Å².